The predicted octanol–water partition coefficient (Wildman–Crippen LogP) is 2.19. The van der Waals surface area contributed by atoms with Crippen LogP contribution in [0.5, 0.6) is 0 Å². The topological polar surface area (TPSA) is 25.8 Å². The highest BCUT2D eigenvalue weighted by molar-refractivity contribution is 9.10. The molecule has 0 atom stereocenters. The molecule has 0 aliphatic heterocycles. The lowest BCUT2D eigenvalue weighted by atomic mass is 10.2. The molecular formula is C8H9BrN2. The van der Waals surface area contributed by atoms with Crippen molar-refractivity contribution < 1.29 is 0 Å². The van der Waals surface area contributed by atoms with Crippen LogP contribution in [0.15, 0.2) is 17.0 Å². The molecule has 0 saturated heterocycles. The number of nitrogens with zero attached hydrogens (tertiary/aromatic N) is 2. The van der Waals surface area contributed by atoms with Gasteiger partial charge in [-0.2, -0.15) is 0 Å². The van der Waals surface area contributed by atoms with Crippen molar-refractivity contribution in [2.24, 2.45) is 5.92 Å². The van der Waals surface area contributed by atoms with Crippen LogP contribution in [0.1, 0.15) is 18.5 Å². The zero-order chi connectivity index (χ0) is 7.68. The van der Waals surface area contributed by atoms with Gasteiger partial charge in [0.05, 0.1) is 10.2 Å². The minimum atomic E-state index is 0.890. The Bertz CT molecular complexity index is 258. The molecule has 0 bridgehead atoms. The minimum Gasteiger partial charge on any atom is -0.244 e. The van der Waals surface area contributed by atoms with Crippen LogP contribution < -0.4 is 0 Å². The Kier molecular flexibility index (Phi) is 1.90. The standard InChI is InChI=1S/C8H9BrN2/c9-7-4-10-5-11-8(7)3-6-1-2-6/h4-6H,1-3H2. The van der Waals surface area contributed by atoms with Crippen molar-refractivity contribution in [1.82, 2.24) is 9.97 Å². The maximum atomic E-state index is 4.20. The third-order valence-corrected chi connectivity index (χ3v) is 2.59. The molecule has 0 radical (unpaired) electrons. The van der Waals surface area contributed by atoms with Crippen LogP contribution in [0.2, 0.25) is 0 Å². The Hall–Kier alpha value is -0.440. The Morgan fingerprint density at radius 2 is 2.36 bits per heavy atom. The van der Waals surface area contributed by atoms with Gasteiger partial charge in [0.15, 0.2) is 0 Å². The van der Waals surface area contributed by atoms with Crippen LogP contribution in [-0.4, -0.2) is 9.97 Å². The lowest BCUT2D eigenvalue weighted by Crippen LogP contribution is -1.93. The van der Waals surface area contributed by atoms with Gasteiger partial charge in [0.25, 0.3) is 0 Å². The van der Waals surface area contributed by atoms with Crippen molar-refractivity contribution in [3.63, 3.8) is 0 Å². The lowest BCUT2D eigenvalue weighted by Gasteiger charge is -1.98. The van der Waals surface area contributed by atoms with Crippen LogP contribution >= 0.6 is 15.9 Å². The number of hydrogen-bond donors (Lipinski definition) is 0. The summed E-state index contributed by atoms with van der Waals surface area (Å²) in [5.74, 6) is 0.890. The van der Waals surface area contributed by atoms with Gasteiger partial charge in [-0.1, -0.05) is 0 Å². The summed E-state index contributed by atoms with van der Waals surface area (Å²) in [5, 5.41) is 0. The van der Waals surface area contributed by atoms with Gasteiger partial charge in [-0.3, -0.25) is 0 Å². The molecule has 0 aromatic carbocycles. The quantitative estimate of drug-likeness (QED) is 0.752. The molecule has 3 heteroatoms. The molecule has 0 amide bonds. The zero-order valence-electron chi connectivity index (χ0n) is 6.13. The summed E-state index contributed by atoms with van der Waals surface area (Å²) in [7, 11) is 0. The van der Waals surface area contributed by atoms with Crippen molar-refractivity contribution >= 4 is 15.9 Å². The van der Waals surface area contributed by atoms with Gasteiger partial charge >= 0.3 is 0 Å². The van der Waals surface area contributed by atoms with Gasteiger partial charge in [-0.05, 0) is 41.1 Å². The van der Waals surface area contributed by atoms with Crippen molar-refractivity contribution in [2.45, 2.75) is 19.3 Å². The highest BCUT2D eigenvalue weighted by Crippen LogP contribution is 2.33. The fourth-order valence-electron chi connectivity index (χ4n) is 1.08. The lowest BCUT2D eigenvalue weighted by molar-refractivity contribution is 0.793. The molecule has 1 saturated carbocycles. The summed E-state index contributed by atoms with van der Waals surface area (Å²) in [6.45, 7) is 0. The SMILES string of the molecule is Brc1cncnc1CC1CC1. The van der Waals surface area contributed by atoms with Crippen molar-refractivity contribution in [3.8, 4) is 0 Å². The van der Waals surface area contributed by atoms with E-state index < -0.39 is 0 Å². The molecule has 0 spiro atoms. The number of halogens is 1. The van der Waals surface area contributed by atoms with Crippen molar-refractivity contribution in [2.75, 3.05) is 0 Å². The van der Waals surface area contributed by atoms with Gasteiger partial charge in [0.1, 0.15) is 6.33 Å². The largest absolute Gasteiger partial charge is 0.244 e. The van der Waals surface area contributed by atoms with Crippen LogP contribution in [-0.2, 0) is 6.42 Å². The van der Waals surface area contributed by atoms with Crippen LogP contribution in [0, 0.1) is 5.92 Å². The summed E-state index contributed by atoms with van der Waals surface area (Å²) >= 11 is 3.43. The fourth-order valence-corrected chi connectivity index (χ4v) is 1.47. The van der Waals surface area contributed by atoms with Gasteiger partial charge in [0, 0.05) is 6.20 Å². The molecular weight excluding hydrogens is 204 g/mol. The molecule has 1 aromatic rings. The van der Waals surface area contributed by atoms with E-state index in [0.717, 1.165) is 22.5 Å². The van der Waals surface area contributed by atoms with Gasteiger partial charge in [-0.25, -0.2) is 9.97 Å². The van der Waals surface area contributed by atoms with E-state index in [4.69, 9.17) is 0 Å². The number of hydrogen-bond acceptors (Lipinski definition) is 2. The van der Waals surface area contributed by atoms with Crippen LogP contribution in [0.4, 0.5) is 0 Å². The van der Waals surface area contributed by atoms with Gasteiger partial charge in [0.2, 0.25) is 0 Å². The number of rotatable bonds is 2. The van der Waals surface area contributed by atoms with Crippen molar-refractivity contribution in [3.05, 3.63) is 22.7 Å². The number of aromatic nitrogens is 2. The van der Waals surface area contributed by atoms with E-state index in [-0.39, 0.29) is 0 Å². The van der Waals surface area contributed by atoms with Crippen LogP contribution in [0.25, 0.3) is 0 Å². The second-order valence-corrected chi connectivity index (χ2v) is 3.82. The average Bonchev–Trinajstić information content (AvgIpc) is 2.78. The Morgan fingerprint density at radius 3 is 3.00 bits per heavy atom. The van der Waals surface area contributed by atoms with E-state index in [1.54, 1.807) is 6.33 Å². The summed E-state index contributed by atoms with van der Waals surface area (Å²) < 4.78 is 1.05. The predicted molar refractivity (Wildman–Crippen MR) is 46.2 cm³/mol. The first-order valence-electron chi connectivity index (χ1n) is 3.80. The monoisotopic (exact) mass is 212 g/mol. The Balaban J connectivity index is 2.15. The highest BCUT2D eigenvalue weighted by Gasteiger charge is 2.22. The molecule has 0 unspecified atom stereocenters. The summed E-state index contributed by atoms with van der Waals surface area (Å²) in [5.41, 5.74) is 1.16. The molecule has 1 fully saturated rings. The van der Waals surface area contributed by atoms with Gasteiger partial charge < -0.3 is 0 Å². The van der Waals surface area contributed by atoms with Crippen LogP contribution in [0.3, 0.4) is 0 Å². The summed E-state index contributed by atoms with van der Waals surface area (Å²) in [4.78, 5) is 8.12. The first-order chi connectivity index (χ1) is 5.36. The molecule has 2 nitrogen and oxygen atoms in total. The smallest absolute Gasteiger partial charge is 0.115 e. The second kappa shape index (κ2) is 2.89. The molecule has 11 heavy (non-hydrogen) atoms. The Morgan fingerprint density at radius 1 is 1.55 bits per heavy atom. The minimum absolute atomic E-state index is 0.890. The molecule has 1 aliphatic carbocycles. The third-order valence-electron chi connectivity index (χ3n) is 1.92. The second-order valence-electron chi connectivity index (χ2n) is 2.96. The average molecular weight is 213 g/mol. The Labute approximate surface area is 74.2 Å². The van der Waals surface area contributed by atoms with E-state index in [1.807, 2.05) is 6.20 Å². The molecule has 1 aromatic heterocycles. The molecule has 58 valence electrons. The summed E-state index contributed by atoms with van der Waals surface area (Å²) in [6.07, 6.45) is 7.28. The fraction of sp³-hybridized carbons (Fsp3) is 0.500. The maximum absolute atomic E-state index is 4.20. The molecule has 1 aliphatic rings. The third kappa shape index (κ3) is 1.77. The van der Waals surface area contributed by atoms with E-state index in [2.05, 4.69) is 25.9 Å². The molecule has 2 rings (SSSR count). The normalized spacial score (nSPS) is 16.8. The van der Waals surface area contributed by atoms with Crippen molar-refractivity contribution in [1.29, 1.82) is 0 Å². The van der Waals surface area contributed by atoms with E-state index in [9.17, 15) is 0 Å². The maximum Gasteiger partial charge on any atom is 0.115 e. The molecule has 0 N–H and O–H groups in total. The molecule has 1 heterocycles. The van der Waals surface area contributed by atoms with E-state index in [0.29, 0.717) is 0 Å². The first kappa shape index (κ1) is 7.22. The summed E-state index contributed by atoms with van der Waals surface area (Å²) in [6, 6.07) is 0. The first-order valence-corrected chi connectivity index (χ1v) is 4.60. The van der Waals surface area contributed by atoms with E-state index >= 15 is 0 Å². The van der Waals surface area contributed by atoms with E-state index in [1.165, 1.54) is 12.8 Å². The highest BCUT2D eigenvalue weighted by atomic mass is 79.9. The van der Waals surface area contributed by atoms with Gasteiger partial charge in [-0.15, -0.1) is 0 Å². The zero-order valence-corrected chi connectivity index (χ0v) is 7.71.